The highest BCUT2D eigenvalue weighted by molar-refractivity contribution is 7.07. The third-order valence-electron chi connectivity index (χ3n) is 2.78. The molecular weight excluding hydrogens is 268 g/mol. The minimum Gasteiger partial charge on any atom is -0.352 e. The average molecular weight is 291 g/mol. The minimum atomic E-state index is 0. The topological polar surface area (TPSA) is 55.1 Å². The van der Waals surface area contributed by atoms with Crippen molar-refractivity contribution in [3.8, 4) is 0 Å². The summed E-state index contributed by atoms with van der Waals surface area (Å²) in [5.41, 5.74) is 6.88. The molecule has 0 aliphatic rings. The van der Waals surface area contributed by atoms with Crippen LogP contribution in [0.1, 0.15) is 38.2 Å². The van der Waals surface area contributed by atoms with Gasteiger partial charge in [0.25, 0.3) is 0 Å². The largest absolute Gasteiger partial charge is 0.352 e. The molecule has 1 rings (SSSR count). The third-order valence-corrected chi connectivity index (χ3v) is 3.51. The Labute approximate surface area is 120 Å². The fourth-order valence-electron chi connectivity index (χ4n) is 1.69. The van der Waals surface area contributed by atoms with E-state index < -0.39 is 0 Å². The van der Waals surface area contributed by atoms with Crippen molar-refractivity contribution in [2.24, 2.45) is 5.73 Å². The van der Waals surface area contributed by atoms with Crippen LogP contribution in [0.15, 0.2) is 16.8 Å². The normalized spacial score (nSPS) is 11.7. The Balaban J connectivity index is 0.00000289. The van der Waals surface area contributed by atoms with Crippen LogP contribution in [-0.2, 0) is 11.2 Å². The number of unbranched alkanes of at least 4 members (excludes halogenated alkanes) is 1. The Kier molecular flexibility index (Phi) is 10.0. The van der Waals surface area contributed by atoms with Crippen LogP contribution in [0.2, 0.25) is 0 Å². The molecule has 5 heteroatoms. The van der Waals surface area contributed by atoms with Crippen molar-refractivity contribution in [3.63, 3.8) is 0 Å². The van der Waals surface area contributed by atoms with Gasteiger partial charge < -0.3 is 11.1 Å². The number of hydrogen-bond donors (Lipinski definition) is 2. The molecule has 0 aromatic carbocycles. The van der Waals surface area contributed by atoms with E-state index in [1.54, 1.807) is 11.3 Å². The summed E-state index contributed by atoms with van der Waals surface area (Å²) in [5, 5.41) is 7.13. The van der Waals surface area contributed by atoms with Crippen molar-refractivity contribution >= 4 is 29.7 Å². The summed E-state index contributed by atoms with van der Waals surface area (Å²) in [7, 11) is 0. The number of halogens is 1. The quantitative estimate of drug-likeness (QED) is 0.773. The van der Waals surface area contributed by atoms with Crippen LogP contribution in [0.5, 0.6) is 0 Å². The van der Waals surface area contributed by atoms with E-state index in [0.717, 1.165) is 25.7 Å². The van der Waals surface area contributed by atoms with Gasteiger partial charge in [-0.3, -0.25) is 4.79 Å². The van der Waals surface area contributed by atoms with Crippen molar-refractivity contribution in [1.29, 1.82) is 0 Å². The van der Waals surface area contributed by atoms with Crippen molar-refractivity contribution in [2.75, 3.05) is 6.54 Å². The molecular formula is C13H23ClN2OS. The van der Waals surface area contributed by atoms with Gasteiger partial charge in [-0.1, -0.05) is 19.8 Å². The first-order valence-electron chi connectivity index (χ1n) is 6.26. The van der Waals surface area contributed by atoms with Gasteiger partial charge >= 0.3 is 0 Å². The first-order valence-corrected chi connectivity index (χ1v) is 7.21. The number of nitrogens with two attached hydrogens (primary N) is 1. The van der Waals surface area contributed by atoms with E-state index in [4.69, 9.17) is 5.73 Å². The Hall–Kier alpha value is -0.580. The lowest BCUT2D eigenvalue weighted by molar-refractivity contribution is -0.121. The molecule has 1 atom stereocenters. The van der Waals surface area contributed by atoms with Gasteiger partial charge in [0.1, 0.15) is 0 Å². The van der Waals surface area contributed by atoms with Crippen LogP contribution in [0, 0.1) is 0 Å². The van der Waals surface area contributed by atoms with Gasteiger partial charge in [0.2, 0.25) is 5.91 Å². The van der Waals surface area contributed by atoms with Gasteiger partial charge in [0.15, 0.2) is 0 Å². The number of rotatable bonds is 8. The highest BCUT2D eigenvalue weighted by Crippen LogP contribution is 2.08. The predicted octanol–water partition coefficient (Wildman–Crippen LogP) is 2.74. The summed E-state index contributed by atoms with van der Waals surface area (Å²) in [5.74, 6) is 0.114. The van der Waals surface area contributed by atoms with E-state index in [1.165, 1.54) is 5.56 Å². The van der Waals surface area contributed by atoms with Crippen LogP contribution in [-0.4, -0.2) is 18.5 Å². The molecule has 0 saturated carbocycles. The number of amides is 1. The molecule has 1 aromatic heterocycles. The van der Waals surface area contributed by atoms with Crippen molar-refractivity contribution in [3.05, 3.63) is 22.4 Å². The summed E-state index contributed by atoms with van der Waals surface area (Å²) < 4.78 is 0. The monoisotopic (exact) mass is 290 g/mol. The molecule has 1 amide bonds. The number of carbonyl (C=O) groups excluding carboxylic acids is 1. The molecule has 18 heavy (non-hydrogen) atoms. The molecule has 0 radical (unpaired) electrons. The van der Waals surface area contributed by atoms with Crippen LogP contribution in [0.3, 0.4) is 0 Å². The lowest BCUT2D eigenvalue weighted by Crippen LogP contribution is -2.40. The van der Waals surface area contributed by atoms with Gasteiger partial charge in [-0.15, -0.1) is 12.4 Å². The summed E-state index contributed by atoms with van der Waals surface area (Å²) in [4.78, 5) is 11.7. The van der Waals surface area contributed by atoms with E-state index >= 15 is 0 Å². The predicted molar refractivity (Wildman–Crippen MR) is 80.4 cm³/mol. The smallest absolute Gasteiger partial charge is 0.220 e. The van der Waals surface area contributed by atoms with Crippen LogP contribution in [0.25, 0.3) is 0 Å². The fraction of sp³-hybridized carbons (Fsp3) is 0.615. The van der Waals surface area contributed by atoms with Gasteiger partial charge in [0, 0.05) is 19.0 Å². The van der Waals surface area contributed by atoms with E-state index in [-0.39, 0.29) is 24.4 Å². The van der Waals surface area contributed by atoms with E-state index in [9.17, 15) is 4.79 Å². The number of thiophene rings is 1. The summed E-state index contributed by atoms with van der Waals surface area (Å²) in [6, 6.07) is 2.21. The fourth-order valence-corrected chi connectivity index (χ4v) is 2.40. The molecule has 3 nitrogen and oxygen atoms in total. The molecule has 3 N–H and O–H groups in total. The Morgan fingerprint density at radius 2 is 2.33 bits per heavy atom. The van der Waals surface area contributed by atoms with E-state index in [1.807, 2.05) is 5.38 Å². The van der Waals surface area contributed by atoms with Gasteiger partial charge in [-0.25, -0.2) is 0 Å². The van der Waals surface area contributed by atoms with Crippen molar-refractivity contribution in [2.45, 2.75) is 45.1 Å². The second kappa shape index (κ2) is 10.4. The highest BCUT2D eigenvalue weighted by Gasteiger charge is 2.10. The lowest BCUT2D eigenvalue weighted by Gasteiger charge is -2.16. The third kappa shape index (κ3) is 6.99. The first-order chi connectivity index (χ1) is 8.26. The van der Waals surface area contributed by atoms with Gasteiger partial charge in [0.05, 0.1) is 0 Å². The van der Waals surface area contributed by atoms with Crippen LogP contribution >= 0.6 is 23.7 Å². The van der Waals surface area contributed by atoms with Crippen molar-refractivity contribution in [1.82, 2.24) is 5.32 Å². The van der Waals surface area contributed by atoms with Gasteiger partial charge in [-0.05, 0) is 35.2 Å². The second-order valence-electron chi connectivity index (χ2n) is 4.27. The average Bonchev–Trinajstić information content (AvgIpc) is 2.85. The van der Waals surface area contributed by atoms with Crippen LogP contribution < -0.4 is 11.1 Å². The molecule has 1 aromatic rings. The molecule has 0 aliphatic heterocycles. The van der Waals surface area contributed by atoms with Gasteiger partial charge in [-0.2, -0.15) is 11.3 Å². The molecule has 0 spiro atoms. The SMILES string of the molecule is CCCCC(CN)NC(=O)CCc1ccsc1.Cl. The molecule has 1 heterocycles. The molecule has 0 saturated heterocycles. The Bertz CT molecular complexity index is 317. The Morgan fingerprint density at radius 3 is 2.89 bits per heavy atom. The maximum Gasteiger partial charge on any atom is 0.220 e. The maximum absolute atomic E-state index is 11.7. The van der Waals surface area contributed by atoms with Crippen LogP contribution in [0.4, 0.5) is 0 Å². The zero-order valence-electron chi connectivity index (χ0n) is 10.9. The molecule has 104 valence electrons. The highest BCUT2D eigenvalue weighted by atomic mass is 35.5. The second-order valence-corrected chi connectivity index (χ2v) is 5.05. The summed E-state index contributed by atoms with van der Waals surface area (Å²) >= 11 is 1.67. The first kappa shape index (κ1) is 17.4. The summed E-state index contributed by atoms with van der Waals surface area (Å²) in [6.45, 7) is 2.68. The number of carbonyl (C=O) groups is 1. The maximum atomic E-state index is 11.7. The van der Waals surface area contributed by atoms with E-state index in [0.29, 0.717) is 13.0 Å². The zero-order chi connectivity index (χ0) is 12.5. The standard InChI is InChI=1S/C13H22N2OS.ClH/c1-2-3-4-12(9-14)15-13(16)6-5-11-7-8-17-10-11;/h7-8,10,12H,2-6,9,14H2,1H3,(H,15,16);1H. The minimum absolute atomic E-state index is 0. The summed E-state index contributed by atoms with van der Waals surface area (Å²) in [6.07, 6.45) is 4.62. The Morgan fingerprint density at radius 1 is 1.56 bits per heavy atom. The lowest BCUT2D eigenvalue weighted by atomic mass is 10.1. The van der Waals surface area contributed by atoms with E-state index in [2.05, 4.69) is 23.7 Å². The van der Waals surface area contributed by atoms with Crippen molar-refractivity contribution < 1.29 is 4.79 Å². The number of hydrogen-bond acceptors (Lipinski definition) is 3. The molecule has 0 aliphatic carbocycles. The number of aryl methyl sites for hydroxylation is 1. The molecule has 0 bridgehead atoms. The molecule has 1 unspecified atom stereocenters. The zero-order valence-corrected chi connectivity index (χ0v) is 12.5. The number of nitrogens with one attached hydrogen (secondary N) is 1. The molecule has 0 fully saturated rings.